The van der Waals surface area contributed by atoms with Gasteiger partial charge in [0.1, 0.15) is 0 Å². The number of morpholine rings is 2. The standard InChI is InChI=1S/C24H32N6O5P/c31-36(34-21-3-1-17-15-25-16-20(23(17)27-21)30-9-13-33-14-10-30)35-22-4-2-18-24(28-22)19(5-6-26-18)29-7-11-32-12-8-29/h1-4,19-20,25-26H,5-16H2/q+1. The van der Waals surface area contributed by atoms with Gasteiger partial charge in [0.25, 0.3) is 11.8 Å². The highest BCUT2D eigenvalue weighted by molar-refractivity contribution is 7.34. The lowest BCUT2D eigenvalue weighted by atomic mass is 10.0. The predicted octanol–water partition coefficient (Wildman–Crippen LogP) is 2.26. The van der Waals surface area contributed by atoms with Crippen molar-refractivity contribution in [1.82, 2.24) is 25.1 Å². The molecule has 3 atom stereocenters. The minimum Gasteiger partial charge on any atom is -0.383 e. The summed E-state index contributed by atoms with van der Waals surface area (Å²) >= 11 is 0. The van der Waals surface area contributed by atoms with Crippen LogP contribution in [0, 0.1) is 0 Å². The Morgan fingerprint density at radius 3 is 2.22 bits per heavy atom. The molecule has 0 bridgehead atoms. The molecule has 4 aliphatic heterocycles. The highest BCUT2D eigenvalue weighted by atomic mass is 31.1. The molecule has 4 aliphatic rings. The van der Waals surface area contributed by atoms with Crippen LogP contribution in [-0.2, 0) is 20.6 Å². The fraction of sp³-hybridized carbons (Fsp3) is 0.583. The third kappa shape index (κ3) is 5.18. The van der Waals surface area contributed by atoms with E-state index in [-0.39, 0.29) is 18.0 Å². The molecule has 2 aromatic rings. The second-order valence-electron chi connectivity index (χ2n) is 9.36. The number of anilines is 1. The Balaban J connectivity index is 1.15. The van der Waals surface area contributed by atoms with Crippen LogP contribution in [0.2, 0.25) is 0 Å². The lowest BCUT2D eigenvalue weighted by Gasteiger charge is -2.37. The number of rotatable bonds is 6. The Hall–Kier alpha value is -2.40. The van der Waals surface area contributed by atoms with E-state index in [1.54, 1.807) is 12.1 Å². The molecule has 0 spiro atoms. The maximum Gasteiger partial charge on any atom is 0.808 e. The van der Waals surface area contributed by atoms with E-state index in [4.69, 9.17) is 28.5 Å². The zero-order valence-electron chi connectivity index (χ0n) is 20.2. The molecule has 0 radical (unpaired) electrons. The van der Waals surface area contributed by atoms with E-state index in [1.807, 2.05) is 12.1 Å². The van der Waals surface area contributed by atoms with Crippen LogP contribution in [0.5, 0.6) is 11.8 Å². The molecule has 11 nitrogen and oxygen atoms in total. The molecule has 192 valence electrons. The summed E-state index contributed by atoms with van der Waals surface area (Å²) in [5.74, 6) is 0.575. The average molecular weight is 516 g/mol. The van der Waals surface area contributed by atoms with Gasteiger partial charge in [-0.15, -0.1) is 0 Å². The fourth-order valence-corrected chi connectivity index (χ4v) is 5.96. The first-order chi connectivity index (χ1) is 17.7. The molecule has 2 saturated heterocycles. The summed E-state index contributed by atoms with van der Waals surface area (Å²) in [6.07, 6.45) is 0.949. The number of ether oxygens (including phenoxy) is 2. The SMILES string of the molecule is O=[P+](Oc1ccc2c(n1)C(N1CCOCC1)CNC2)Oc1ccc2c(n1)C(N1CCOCC1)CCN2. The Morgan fingerprint density at radius 2 is 1.50 bits per heavy atom. The minimum absolute atomic E-state index is 0.131. The highest BCUT2D eigenvalue weighted by Gasteiger charge is 2.33. The molecule has 6 heterocycles. The predicted molar refractivity (Wildman–Crippen MR) is 132 cm³/mol. The van der Waals surface area contributed by atoms with Crippen molar-refractivity contribution in [2.45, 2.75) is 25.0 Å². The van der Waals surface area contributed by atoms with Crippen molar-refractivity contribution in [3.63, 3.8) is 0 Å². The number of nitrogens with one attached hydrogen (secondary N) is 2. The van der Waals surface area contributed by atoms with Crippen LogP contribution in [0.4, 0.5) is 5.69 Å². The number of hydrogen-bond acceptors (Lipinski definition) is 11. The zero-order valence-corrected chi connectivity index (χ0v) is 21.1. The van der Waals surface area contributed by atoms with Crippen LogP contribution in [0.3, 0.4) is 0 Å². The summed E-state index contributed by atoms with van der Waals surface area (Å²) in [7, 11) is -2.50. The van der Waals surface area contributed by atoms with Gasteiger partial charge in [-0.25, -0.2) is 19.0 Å². The van der Waals surface area contributed by atoms with Gasteiger partial charge in [0.15, 0.2) is 0 Å². The molecule has 2 fully saturated rings. The van der Waals surface area contributed by atoms with Crippen molar-refractivity contribution < 1.29 is 23.1 Å². The molecule has 0 amide bonds. The number of aromatic nitrogens is 2. The minimum atomic E-state index is -2.50. The number of hydrogen-bond donors (Lipinski definition) is 2. The third-order valence-electron chi connectivity index (χ3n) is 7.21. The van der Waals surface area contributed by atoms with E-state index >= 15 is 0 Å². The van der Waals surface area contributed by atoms with E-state index in [2.05, 4.69) is 20.4 Å². The van der Waals surface area contributed by atoms with Gasteiger partial charge < -0.3 is 20.1 Å². The van der Waals surface area contributed by atoms with Gasteiger partial charge in [-0.1, -0.05) is 6.07 Å². The Labute approximate surface area is 211 Å². The van der Waals surface area contributed by atoms with E-state index in [0.717, 1.165) is 101 Å². The Morgan fingerprint density at radius 1 is 0.861 bits per heavy atom. The molecule has 6 rings (SSSR count). The molecular formula is C24H32N6O5P+. The number of fused-ring (bicyclic) bond motifs is 2. The summed E-state index contributed by atoms with van der Waals surface area (Å²) in [6.45, 7) is 8.82. The topological polar surface area (TPSA) is 110 Å². The largest absolute Gasteiger partial charge is 0.808 e. The summed E-state index contributed by atoms with van der Waals surface area (Å²) in [4.78, 5) is 14.2. The van der Waals surface area contributed by atoms with Crippen molar-refractivity contribution in [1.29, 1.82) is 0 Å². The van der Waals surface area contributed by atoms with Crippen molar-refractivity contribution in [2.75, 3.05) is 71.0 Å². The van der Waals surface area contributed by atoms with Crippen LogP contribution in [0.25, 0.3) is 0 Å². The van der Waals surface area contributed by atoms with Gasteiger partial charge in [0, 0.05) is 62.5 Å². The highest BCUT2D eigenvalue weighted by Crippen LogP contribution is 2.37. The van der Waals surface area contributed by atoms with Crippen molar-refractivity contribution in [3.05, 3.63) is 41.2 Å². The van der Waals surface area contributed by atoms with Crippen molar-refractivity contribution in [3.8, 4) is 11.8 Å². The summed E-state index contributed by atoms with van der Waals surface area (Å²) < 4.78 is 35.1. The lowest BCUT2D eigenvalue weighted by molar-refractivity contribution is 0.0134. The first-order valence-electron chi connectivity index (χ1n) is 12.7. The van der Waals surface area contributed by atoms with E-state index in [0.29, 0.717) is 5.88 Å². The van der Waals surface area contributed by atoms with E-state index < -0.39 is 8.25 Å². The van der Waals surface area contributed by atoms with E-state index in [1.165, 1.54) is 0 Å². The monoisotopic (exact) mass is 515 g/mol. The van der Waals surface area contributed by atoms with Gasteiger partial charge in [-0.05, 0) is 18.1 Å². The van der Waals surface area contributed by atoms with Gasteiger partial charge in [0.05, 0.1) is 55.6 Å². The zero-order chi connectivity index (χ0) is 24.3. The summed E-state index contributed by atoms with van der Waals surface area (Å²) in [5, 5.41) is 6.87. The smallest absolute Gasteiger partial charge is 0.383 e. The number of pyridine rings is 2. The molecule has 0 aliphatic carbocycles. The molecule has 2 aromatic heterocycles. The fourth-order valence-electron chi connectivity index (χ4n) is 5.41. The first kappa shape index (κ1) is 24.0. The van der Waals surface area contributed by atoms with Gasteiger partial charge in [-0.2, -0.15) is 0 Å². The van der Waals surface area contributed by atoms with Crippen LogP contribution >= 0.6 is 8.25 Å². The van der Waals surface area contributed by atoms with Crippen molar-refractivity contribution in [2.24, 2.45) is 0 Å². The van der Waals surface area contributed by atoms with E-state index in [9.17, 15) is 4.57 Å². The van der Waals surface area contributed by atoms with Crippen LogP contribution < -0.4 is 19.7 Å². The lowest BCUT2D eigenvalue weighted by Crippen LogP contribution is -2.45. The van der Waals surface area contributed by atoms with Gasteiger partial charge in [0.2, 0.25) is 0 Å². The molecule has 12 heteroatoms. The number of nitrogens with zero attached hydrogens (tertiary/aromatic N) is 4. The Bertz CT molecular complexity index is 1010. The normalized spacial score (nSPS) is 25.3. The third-order valence-corrected chi connectivity index (χ3v) is 7.88. The maximum atomic E-state index is 12.8. The summed E-state index contributed by atoms with van der Waals surface area (Å²) in [5.41, 5.74) is 3.99. The van der Waals surface area contributed by atoms with Crippen LogP contribution in [0.1, 0.15) is 35.5 Å². The maximum absolute atomic E-state index is 12.8. The molecular weight excluding hydrogens is 483 g/mol. The molecule has 36 heavy (non-hydrogen) atoms. The molecule has 2 N–H and O–H groups in total. The second kappa shape index (κ2) is 10.9. The Kier molecular flexibility index (Phi) is 7.27. The van der Waals surface area contributed by atoms with Crippen LogP contribution in [0.15, 0.2) is 24.3 Å². The second-order valence-corrected chi connectivity index (χ2v) is 10.2. The first-order valence-corrected chi connectivity index (χ1v) is 13.8. The van der Waals surface area contributed by atoms with Gasteiger partial charge >= 0.3 is 8.25 Å². The van der Waals surface area contributed by atoms with Crippen LogP contribution in [-0.4, -0.2) is 85.5 Å². The van der Waals surface area contributed by atoms with Crippen molar-refractivity contribution >= 4 is 13.9 Å². The quantitative estimate of drug-likeness (QED) is 0.553. The van der Waals surface area contributed by atoms with Gasteiger partial charge in [-0.3, -0.25) is 9.80 Å². The summed E-state index contributed by atoms with van der Waals surface area (Å²) in [6, 6.07) is 7.70. The molecule has 0 aromatic carbocycles. The molecule has 3 unspecified atom stereocenters. The average Bonchev–Trinajstić information content (AvgIpc) is 2.93. The molecule has 0 saturated carbocycles.